The van der Waals surface area contributed by atoms with Crippen LogP contribution < -0.4 is 10.6 Å². The predicted molar refractivity (Wildman–Crippen MR) is 119 cm³/mol. The van der Waals surface area contributed by atoms with Crippen LogP contribution in [0.25, 0.3) is 0 Å². The van der Waals surface area contributed by atoms with Crippen LogP contribution in [-0.4, -0.2) is 34.6 Å². The second-order valence-corrected chi connectivity index (χ2v) is 7.95. The Labute approximate surface area is 176 Å². The molecule has 0 unspecified atom stereocenters. The van der Waals surface area contributed by atoms with Crippen LogP contribution in [0, 0.1) is 13.8 Å². The van der Waals surface area contributed by atoms with Gasteiger partial charge >= 0.3 is 0 Å². The Bertz CT molecular complexity index is 903. The van der Waals surface area contributed by atoms with E-state index >= 15 is 0 Å². The van der Waals surface area contributed by atoms with E-state index in [1.54, 1.807) is 6.26 Å². The van der Waals surface area contributed by atoms with Gasteiger partial charge in [-0.1, -0.05) is 18.2 Å². The minimum absolute atomic E-state index is 0.605. The van der Waals surface area contributed by atoms with E-state index in [2.05, 4.69) is 46.9 Å². The maximum atomic E-state index is 5.41. The van der Waals surface area contributed by atoms with E-state index in [9.17, 15) is 0 Å². The van der Waals surface area contributed by atoms with Crippen molar-refractivity contribution in [3.63, 3.8) is 0 Å². The van der Waals surface area contributed by atoms with E-state index in [1.165, 1.54) is 10.5 Å². The van der Waals surface area contributed by atoms with Crippen molar-refractivity contribution >= 4 is 17.7 Å². The van der Waals surface area contributed by atoms with E-state index in [-0.39, 0.29) is 0 Å². The third-order valence-electron chi connectivity index (χ3n) is 4.70. The predicted octanol–water partition coefficient (Wildman–Crippen LogP) is 3.70. The van der Waals surface area contributed by atoms with Gasteiger partial charge in [-0.25, -0.2) is 4.99 Å². The number of aliphatic imine (C=N–C) groups is 1. The van der Waals surface area contributed by atoms with Gasteiger partial charge in [-0.3, -0.25) is 4.68 Å². The second kappa shape index (κ2) is 10.8. The number of aromatic nitrogens is 2. The van der Waals surface area contributed by atoms with Crippen LogP contribution in [-0.2, 0) is 20.0 Å². The Kier molecular flexibility index (Phi) is 7.81. The van der Waals surface area contributed by atoms with E-state index < -0.39 is 0 Å². The van der Waals surface area contributed by atoms with Gasteiger partial charge in [0.05, 0.1) is 18.5 Å². The Morgan fingerprint density at radius 2 is 1.90 bits per heavy atom. The summed E-state index contributed by atoms with van der Waals surface area (Å²) in [7, 11) is 1.97. The first-order valence-electron chi connectivity index (χ1n) is 9.85. The lowest BCUT2D eigenvalue weighted by Crippen LogP contribution is -2.39. The summed E-state index contributed by atoms with van der Waals surface area (Å²) in [5.74, 6) is 2.75. The number of rotatable bonds is 9. The second-order valence-electron chi connectivity index (χ2n) is 6.78. The number of benzene rings is 1. The zero-order valence-corrected chi connectivity index (χ0v) is 18.1. The number of thioether (sulfide) groups is 1. The van der Waals surface area contributed by atoms with Gasteiger partial charge in [0.2, 0.25) is 0 Å². The van der Waals surface area contributed by atoms with Gasteiger partial charge in [0, 0.05) is 48.5 Å². The lowest BCUT2D eigenvalue weighted by Gasteiger charge is -2.12. The van der Waals surface area contributed by atoms with E-state index in [1.807, 2.05) is 48.6 Å². The van der Waals surface area contributed by atoms with Gasteiger partial charge in [-0.05, 0) is 38.1 Å². The molecule has 0 fully saturated rings. The quantitative estimate of drug-likeness (QED) is 0.243. The molecule has 0 saturated heterocycles. The van der Waals surface area contributed by atoms with Crippen molar-refractivity contribution in [2.24, 2.45) is 12.0 Å². The van der Waals surface area contributed by atoms with Crippen molar-refractivity contribution in [3.8, 4) is 0 Å². The number of nitrogens with zero attached hydrogens (tertiary/aromatic N) is 3. The summed E-state index contributed by atoms with van der Waals surface area (Å²) in [5.41, 5.74) is 3.36. The van der Waals surface area contributed by atoms with Crippen LogP contribution in [0.4, 0.5) is 0 Å². The fourth-order valence-corrected chi connectivity index (χ4v) is 3.78. The number of guanidine groups is 1. The third-order valence-corrected chi connectivity index (χ3v) is 5.72. The lowest BCUT2D eigenvalue weighted by atomic mass is 10.2. The van der Waals surface area contributed by atoms with E-state index in [0.29, 0.717) is 6.54 Å². The van der Waals surface area contributed by atoms with Crippen molar-refractivity contribution in [1.82, 2.24) is 20.4 Å². The number of aryl methyl sites for hydroxylation is 2. The zero-order chi connectivity index (χ0) is 20.5. The molecule has 0 atom stereocenters. The largest absolute Gasteiger partial charge is 0.469 e. The maximum Gasteiger partial charge on any atom is 0.191 e. The molecule has 0 saturated carbocycles. The zero-order valence-electron chi connectivity index (χ0n) is 17.3. The van der Waals surface area contributed by atoms with Crippen LogP contribution >= 0.6 is 11.8 Å². The molecule has 154 valence electrons. The van der Waals surface area contributed by atoms with Gasteiger partial charge < -0.3 is 15.1 Å². The highest BCUT2D eigenvalue weighted by molar-refractivity contribution is 7.99. The molecular weight excluding hydrogens is 382 g/mol. The molecule has 0 amide bonds. The molecule has 1 aromatic carbocycles. The lowest BCUT2D eigenvalue weighted by molar-refractivity contribution is 0.507. The van der Waals surface area contributed by atoms with Crippen molar-refractivity contribution in [2.45, 2.75) is 31.7 Å². The maximum absolute atomic E-state index is 5.41. The highest BCUT2D eigenvalue weighted by Crippen LogP contribution is 2.16. The van der Waals surface area contributed by atoms with Crippen LogP contribution in [0.3, 0.4) is 0 Å². The minimum Gasteiger partial charge on any atom is -0.469 e. The normalized spacial score (nSPS) is 11.6. The molecule has 6 nitrogen and oxygen atoms in total. The van der Waals surface area contributed by atoms with Gasteiger partial charge in [-0.2, -0.15) is 5.10 Å². The molecular formula is C22H29N5OS. The molecule has 0 aliphatic carbocycles. The van der Waals surface area contributed by atoms with Crippen LogP contribution in [0.5, 0.6) is 0 Å². The highest BCUT2D eigenvalue weighted by Gasteiger charge is 2.09. The molecule has 0 bridgehead atoms. The van der Waals surface area contributed by atoms with Crippen molar-refractivity contribution in [2.75, 3.05) is 18.8 Å². The number of furan rings is 1. The number of nitrogens with one attached hydrogen (secondary N) is 2. The van der Waals surface area contributed by atoms with Gasteiger partial charge in [0.15, 0.2) is 5.96 Å². The first-order chi connectivity index (χ1) is 14.1. The average Bonchev–Trinajstić information content (AvgIpc) is 3.32. The van der Waals surface area contributed by atoms with E-state index in [0.717, 1.165) is 48.4 Å². The summed E-state index contributed by atoms with van der Waals surface area (Å²) in [4.78, 5) is 6.07. The first-order valence-corrected chi connectivity index (χ1v) is 10.8. The molecule has 2 aromatic heterocycles. The molecule has 3 aromatic rings. The van der Waals surface area contributed by atoms with E-state index in [4.69, 9.17) is 9.41 Å². The molecule has 2 heterocycles. The monoisotopic (exact) mass is 411 g/mol. The average molecular weight is 412 g/mol. The Morgan fingerprint density at radius 1 is 1.10 bits per heavy atom. The van der Waals surface area contributed by atoms with Gasteiger partial charge in [-0.15, -0.1) is 11.8 Å². The summed E-state index contributed by atoms with van der Waals surface area (Å²) in [5, 5.41) is 11.3. The molecule has 3 rings (SSSR count). The summed E-state index contributed by atoms with van der Waals surface area (Å²) in [6.45, 7) is 6.31. The molecule has 0 aliphatic rings. The van der Waals surface area contributed by atoms with Crippen molar-refractivity contribution < 1.29 is 4.42 Å². The topological polar surface area (TPSA) is 67.4 Å². The molecule has 0 radical (unpaired) electrons. The SMILES string of the molecule is Cc1nn(C)c(C)c1CN=C(NCCSc1ccccc1)NCCc1ccco1. The fourth-order valence-electron chi connectivity index (χ4n) is 2.99. The molecule has 2 N–H and O–H groups in total. The van der Waals surface area contributed by atoms with Crippen molar-refractivity contribution in [3.05, 3.63) is 71.4 Å². The molecule has 0 spiro atoms. The summed E-state index contributed by atoms with van der Waals surface area (Å²) < 4.78 is 7.32. The summed E-state index contributed by atoms with van der Waals surface area (Å²) in [6, 6.07) is 14.3. The minimum atomic E-state index is 0.605. The summed E-state index contributed by atoms with van der Waals surface area (Å²) in [6.07, 6.45) is 2.52. The molecule has 7 heteroatoms. The first kappa shape index (κ1) is 21.0. The summed E-state index contributed by atoms with van der Waals surface area (Å²) >= 11 is 1.83. The highest BCUT2D eigenvalue weighted by atomic mass is 32.2. The standard InChI is InChI=1S/C22H29N5OS/c1-17-21(18(2)27(3)26-17)16-25-22(23-12-11-19-8-7-14-28-19)24-13-15-29-20-9-5-4-6-10-20/h4-10,14H,11-13,15-16H2,1-3H3,(H2,23,24,25). The van der Waals surface area contributed by atoms with Crippen LogP contribution in [0.2, 0.25) is 0 Å². The Hall–Kier alpha value is -2.67. The van der Waals surface area contributed by atoms with Crippen LogP contribution in [0.1, 0.15) is 22.7 Å². The van der Waals surface area contributed by atoms with Crippen molar-refractivity contribution in [1.29, 1.82) is 0 Å². The molecule has 29 heavy (non-hydrogen) atoms. The Morgan fingerprint density at radius 3 is 2.59 bits per heavy atom. The number of hydrogen-bond acceptors (Lipinski definition) is 4. The third kappa shape index (κ3) is 6.42. The fraction of sp³-hybridized carbons (Fsp3) is 0.364. The smallest absolute Gasteiger partial charge is 0.191 e. The van der Waals surface area contributed by atoms with Gasteiger partial charge in [0.1, 0.15) is 5.76 Å². The Balaban J connectivity index is 1.55. The number of hydrogen-bond donors (Lipinski definition) is 2. The molecule has 0 aliphatic heterocycles. The van der Waals surface area contributed by atoms with Gasteiger partial charge in [0.25, 0.3) is 0 Å². The van der Waals surface area contributed by atoms with Crippen LogP contribution in [0.15, 0.2) is 63.0 Å².